The number of nitrogens with zero attached hydrogens (tertiary/aromatic N) is 1. The summed E-state index contributed by atoms with van der Waals surface area (Å²) in [5.41, 5.74) is 1.97. The van der Waals surface area contributed by atoms with Crippen LogP contribution in [0.3, 0.4) is 0 Å². The lowest BCUT2D eigenvalue weighted by Gasteiger charge is -2.17. The van der Waals surface area contributed by atoms with Crippen molar-refractivity contribution in [2.24, 2.45) is 0 Å². The van der Waals surface area contributed by atoms with Gasteiger partial charge in [-0.05, 0) is 23.1 Å². The van der Waals surface area contributed by atoms with E-state index in [-0.39, 0.29) is 11.8 Å². The van der Waals surface area contributed by atoms with Crippen LogP contribution in [0.25, 0.3) is 10.9 Å². The molecule has 3 N–H and O–H groups in total. The highest BCUT2D eigenvalue weighted by Crippen LogP contribution is 2.20. The van der Waals surface area contributed by atoms with Gasteiger partial charge in [0.2, 0.25) is 5.91 Å². The molecule has 0 unspecified atom stereocenters. The average molecular weight is 396 g/mol. The number of aromatic amines is 1. The van der Waals surface area contributed by atoms with Crippen molar-refractivity contribution in [1.29, 1.82) is 0 Å². The smallest absolute Gasteiger partial charge is 0.262 e. The Labute approximate surface area is 163 Å². The molecule has 2 amide bonds. The maximum absolute atomic E-state index is 12.8. The van der Waals surface area contributed by atoms with Crippen molar-refractivity contribution in [2.45, 2.75) is 12.5 Å². The Kier molecular flexibility index (Phi) is 4.99. The Bertz CT molecular complexity index is 1050. The molecule has 136 valence electrons. The quantitative estimate of drug-likeness (QED) is 0.465. The van der Waals surface area contributed by atoms with Crippen LogP contribution in [-0.2, 0) is 11.2 Å². The van der Waals surface area contributed by atoms with Gasteiger partial charge in [-0.15, -0.1) is 22.7 Å². The number of fused-ring (bicyclic) bond motifs is 1. The Balaban J connectivity index is 1.58. The fourth-order valence-electron chi connectivity index (χ4n) is 2.84. The molecule has 4 rings (SSSR count). The summed E-state index contributed by atoms with van der Waals surface area (Å²) in [6.45, 7) is 0. The van der Waals surface area contributed by atoms with E-state index in [0.29, 0.717) is 16.4 Å². The van der Waals surface area contributed by atoms with Crippen molar-refractivity contribution in [2.75, 3.05) is 5.32 Å². The molecule has 0 bridgehead atoms. The van der Waals surface area contributed by atoms with Gasteiger partial charge in [0, 0.05) is 35.1 Å². The minimum absolute atomic E-state index is 0.260. The van der Waals surface area contributed by atoms with Crippen molar-refractivity contribution < 1.29 is 9.59 Å². The summed E-state index contributed by atoms with van der Waals surface area (Å²) in [5.74, 6) is -0.552. The van der Waals surface area contributed by atoms with E-state index >= 15 is 0 Å². The van der Waals surface area contributed by atoms with Crippen LogP contribution >= 0.6 is 22.7 Å². The number of anilines is 1. The summed E-state index contributed by atoms with van der Waals surface area (Å²) in [6, 6.07) is 10.7. The maximum Gasteiger partial charge on any atom is 0.262 e. The van der Waals surface area contributed by atoms with Crippen LogP contribution in [-0.4, -0.2) is 27.8 Å². The number of rotatable bonds is 6. The molecular formula is C19H16N4O2S2. The molecule has 0 aliphatic rings. The van der Waals surface area contributed by atoms with Crippen LogP contribution in [0.2, 0.25) is 0 Å². The normalized spacial score (nSPS) is 12.0. The molecule has 8 heteroatoms. The van der Waals surface area contributed by atoms with Gasteiger partial charge in [0.15, 0.2) is 5.13 Å². The SMILES string of the molecule is O=C(N[C@H](Cc1c[nH]c2ccccc12)C(=O)Nc1nccs1)c1cccs1. The first-order valence-electron chi connectivity index (χ1n) is 8.30. The number of hydrogen-bond donors (Lipinski definition) is 3. The second kappa shape index (κ2) is 7.73. The van der Waals surface area contributed by atoms with Gasteiger partial charge in [-0.1, -0.05) is 24.3 Å². The molecule has 3 heterocycles. The topological polar surface area (TPSA) is 86.9 Å². The van der Waals surface area contributed by atoms with Crippen molar-refractivity contribution in [3.63, 3.8) is 0 Å². The van der Waals surface area contributed by atoms with Crippen molar-refractivity contribution in [3.8, 4) is 0 Å². The van der Waals surface area contributed by atoms with E-state index in [1.165, 1.54) is 22.7 Å². The fourth-order valence-corrected chi connectivity index (χ4v) is 4.00. The number of nitrogens with one attached hydrogen (secondary N) is 3. The number of aromatic nitrogens is 2. The third kappa shape index (κ3) is 3.91. The maximum atomic E-state index is 12.8. The van der Waals surface area contributed by atoms with Crippen LogP contribution < -0.4 is 10.6 Å². The van der Waals surface area contributed by atoms with Gasteiger partial charge >= 0.3 is 0 Å². The van der Waals surface area contributed by atoms with E-state index < -0.39 is 6.04 Å². The van der Waals surface area contributed by atoms with Crippen LogP contribution in [0, 0.1) is 0 Å². The van der Waals surface area contributed by atoms with Crippen LogP contribution in [0.5, 0.6) is 0 Å². The highest BCUT2D eigenvalue weighted by molar-refractivity contribution is 7.13. The molecule has 4 aromatic rings. The van der Waals surface area contributed by atoms with Crippen molar-refractivity contribution in [3.05, 3.63) is 70.0 Å². The number of para-hydroxylation sites is 1. The summed E-state index contributed by atoms with van der Waals surface area (Å²) < 4.78 is 0. The van der Waals surface area contributed by atoms with E-state index in [2.05, 4.69) is 20.6 Å². The molecule has 1 atom stereocenters. The number of thiazole rings is 1. The van der Waals surface area contributed by atoms with Gasteiger partial charge in [0.1, 0.15) is 6.04 Å². The van der Waals surface area contributed by atoms with E-state index in [1.54, 1.807) is 17.6 Å². The Morgan fingerprint density at radius 2 is 2.00 bits per heavy atom. The molecule has 0 saturated carbocycles. The molecule has 6 nitrogen and oxygen atoms in total. The van der Waals surface area contributed by atoms with E-state index in [1.807, 2.05) is 41.9 Å². The van der Waals surface area contributed by atoms with E-state index in [0.717, 1.165) is 16.5 Å². The van der Waals surface area contributed by atoms with Gasteiger partial charge in [0.05, 0.1) is 4.88 Å². The summed E-state index contributed by atoms with van der Waals surface area (Å²) in [4.78, 5) is 33.2. The number of benzene rings is 1. The molecular weight excluding hydrogens is 380 g/mol. The molecule has 0 aliphatic carbocycles. The third-order valence-corrected chi connectivity index (χ3v) is 5.69. The van der Waals surface area contributed by atoms with Gasteiger partial charge in [-0.3, -0.25) is 9.59 Å². The molecule has 0 fully saturated rings. The Morgan fingerprint density at radius 3 is 2.78 bits per heavy atom. The largest absolute Gasteiger partial charge is 0.361 e. The molecule has 27 heavy (non-hydrogen) atoms. The molecule has 3 aromatic heterocycles. The predicted molar refractivity (Wildman–Crippen MR) is 108 cm³/mol. The molecule has 1 aromatic carbocycles. The Hall–Kier alpha value is -2.97. The van der Waals surface area contributed by atoms with Gasteiger partial charge < -0.3 is 15.6 Å². The summed E-state index contributed by atoms with van der Waals surface area (Å²) >= 11 is 2.68. The predicted octanol–water partition coefficient (Wildman–Crippen LogP) is 3.67. The van der Waals surface area contributed by atoms with Gasteiger partial charge in [-0.25, -0.2) is 4.98 Å². The third-order valence-electron chi connectivity index (χ3n) is 4.13. The monoisotopic (exact) mass is 396 g/mol. The number of H-pyrrole nitrogens is 1. The first-order valence-corrected chi connectivity index (χ1v) is 10.1. The summed E-state index contributed by atoms with van der Waals surface area (Å²) in [6.07, 6.45) is 3.88. The highest BCUT2D eigenvalue weighted by atomic mass is 32.1. The van der Waals surface area contributed by atoms with Crippen LogP contribution in [0.1, 0.15) is 15.2 Å². The first kappa shape index (κ1) is 17.4. The zero-order chi connectivity index (χ0) is 18.6. The number of carbonyl (C=O) groups excluding carboxylic acids is 2. The number of hydrogen-bond acceptors (Lipinski definition) is 5. The van der Waals surface area contributed by atoms with Crippen molar-refractivity contribution >= 4 is 50.5 Å². The summed E-state index contributed by atoms with van der Waals surface area (Å²) in [5, 5.41) is 10.8. The highest BCUT2D eigenvalue weighted by Gasteiger charge is 2.24. The number of carbonyl (C=O) groups is 2. The van der Waals surface area contributed by atoms with Crippen molar-refractivity contribution in [1.82, 2.24) is 15.3 Å². The standard InChI is InChI=1S/C19H16N4O2S2/c24-17(23-19-20-7-9-27-19)15(22-18(25)16-6-3-8-26-16)10-12-11-21-14-5-2-1-4-13(12)14/h1-9,11,15,21H,10H2,(H,22,25)(H,20,23,24)/t15-/m1/s1. The second-order valence-corrected chi connectivity index (χ2v) is 7.74. The Morgan fingerprint density at radius 1 is 1.11 bits per heavy atom. The van der Waals surface area contributed by atoms with Gasteiger partial charge in [-0.2, -0.15) is 0 Å². The molecule has 0 aliphatic heterocycles. The second-order valence-electron chi connectivity index (χ2n) is 5.89. The minimum atomic E-state index is -0.720. The minimum Gasteiger partial charge on any atom is -0.361 e. The fraction of sp³-hybridized carbons (Fsp3) is 0.105. The zero-order valence-corrected chi connectivity index (χ0v) is 15.8. The summed E-state index contributed by atoms with van der Waals surface area (Å²) in [7, 11) is 0. The average Bonchev–Trinajstić information content (AvgIpc) is 3.43. The lowest BCUT2D eigenvalue weighted by Crippen LogP contribution is -2.45. The van der Waals surface area contributed by atoms with Crippen LogP contribution in [0.15, 0.2) is 59.6 Å². The first-order chi connectivity index (χ1) is 13.2. The lowest BCUT2D eigenvalue weighted by atomic mass is 10.0. The zero-order valence-electron chi connectivity index (χ0n) is 14.1. The molecule has 0 radical (unpaired) electrons. The number of amides is 2. The number of thiophene rings is 1. The van der Waals surface area contributed by atoms with E-state index in [4.69, 9.17) is 0 Å². The van der Waals surface area contributed by atoms with Crippen LogP contribution in [0.4, 0.5) is 5.13 Å². The van der Waals surface area contributed by atoms with E-state index in [9.17, 15) is 9.59 Å². The molecule has 0 spiro atoms. The lowest BCUT2D eigenvalue weighted by molar-refractivity contribution is -0.118. The van der Waals surface area contributed by atoms with Gasteiger partial charge in [0.25, 0.3) is 5.91 Å². The molecule has 0 saturated heterocycles.